The Bertz CT molecular complexity index is 1250. The van der Waals surface area contributed by atoms with Gasteiger partial charge in [0.1, 0.15) is 11.3 Å². The van der Waals surface area contributed by atoms with Crippen molar-refractivity contribution >= 4 is 28.0 Å². The summed E-state index contributed by atoms with van der Waals surface area (Å²) in [5.41, 5.74) is 9.55. The average molecular weight is 374 g/mol. The number of hydrogen-bond donors (Lipinski definition) is 2. The van der Waals surface area contributed by atoms with Gasteiger partial charge in [-0.2, -0.15) is 4.98 Å². The lowest BCUT2D eigenvalue weighted by Gasteiger charge is -2.26. The molecule has 142 valence electrons. The van der Waals surface area contributed by atoms with E-state index >= 15 is 0 Å². The summed E-state index contributed by atoms with van der Waals surface area (Å²) in [6.45, 7) is 1.91. The number of fused-ring (bicyclic) bond motifs is 2. The summed E-state index contributed by atoms with van der Waals surface area (Å²) in [6.07, 6.45) is 9.03. The second-order valence-corrected chi connectivity index (χ2v) is 7.57. The van der Waals surface area contributed by atoms with Gasteiger partial charge in [-0.1, -0.05) is 19.3 Å². The van der Waals surface area contributed by atoms with Crippen LogP contribution in [0.25, 0.3) is 33.2 Å². The summed E-state index contributed by atoms with van der Waals surface area (Å²) in [4.78, 5) is 29.9. The quantitative estimate of drug-likeness (QED) is 0.556. The largest absolute Gasteiger partial charge is 0.368 e. The minimum atomic E-state index is -0.0337. The molecule has 0 atom stereocenters. The van der Waals surface area contributed by atoms with Crippen molar-refractivity contribution in [2.75, 3.05) is 5.73 Å². The number of nitrogens with one attached hydrogen (secondary N) is 1. The number of aromatic amines is 1. The van der Waals surface area contributed by atoms with Crippen LogP contribution in [0.5, 0.6) is 0 Å². The van der Waals surface area contributed by atoms with Crippen LogP contribution in [0.2, 0.25) is 0 Å². The fourth-order valence-corrected chi connectivity index (χ4v) is 4.34. The normalized spacial score (nSPS) is 15.5. The van der Waals surface area contributed by atoms with Gasteiger partial charge in [0.25, 0.3) is 5.56 Å². The van der Waals surface area contributed by atoms with Gasteiger partial charge in [-0.25, -0.2) is 9.97 Å². The Morgan fingerprint density at radius 1 is 1.18 bits per heavy atom. The van der Waals surface area contributed by atoms with Crippen LogP contribution in [-0.2, 0) is 0 Å². The molecule has 5 rings (SSSR count). The molecule has 1 aliphatic carbocycles. The van der Waals surface area contributed by atoms with E-state index in [4.69, 9.17) is 5.73 Å². The van der Waals surface area contributed by atoms with Crippen LogP contribution in [0.1, 0.15) is 43.8 Å². The molecule has 28 heavy (non-hydrogen) atoms. The lowest BCUT2D eigenvalue weighted by molar-refractivity contribution is 0.353. The van der Waals surface area contributed by atoms with E-state index in [9.17, 15) is 4.79 Å². The number of pyridine rings is 2. The lowest BCUT2D eigenvalue weighted by atomic mass is 9.94. The first kappa shape index (κ1) is 16.9. The highest BCUT2D eigenvalue weighted by molar-refractivity contribution is 5.86. The molecule has 1 saturated carbocycles. The third-order valence-corrected chi connectivity index (χ3v) is 5.75. The minimum Gasteiger partial charge on any atom is -0.368 e. The molecule has 0 bridgehead atoms. The number of nitrogens with zero attached hydrogens (tertiary/aromatic N) is 4. The van der Waals surface area contributed by atoms with Crippen LogP contribution >= 0.6 is 0 Å². The van der Waals surface area contributed by atoms with E-state index in [1.54, 1.807) is 6.20 Å². The summed E-state index contributed by atoms with van der Waals surface area (Å²) >= 11 is 0. The number of anilines is 1. The first-order chi connectivity index (χ1) is 13.6. The van der Waals surface area contributed by atoms with E-state index in [2.05, 4.69) is 19.9 Å². The fourth-order valence-electron chi connectivity index (χ4n) is 4.34. The summed E-state index contributed by atoms with van der Waals surface area (Å²) in [5.74, 6) is 0.206. The van der Waals surface area contributed by atoms with E-state index in [1.165, 1.54) is 6.42 Å². The summed E-state index contributed by atoms with van der Waals surface area (Å²) in [7, 11) is 0. The number of aromatic nitrogens is 5. The average Bonchev–Trinajstić information content (AvgIpc) is 3.16. The zero-order valence-electron chi connectivity index (χ0n) is 15.8. The molecule has 0 spiro atoms. The van der Waals surface area contributed by atoms with Gasteiger partial charge in [0.15, 0.2) is 0 Å². The Balaban J connectivity index is 1.82. The zero-order chi connectivity index (χ0) is 19.3. The molecule has 1 fully saturated rings. The molecular formula is C21H22N6O. The monoisotopic (exact) mass is 374 g/mol. The van der Waals surface area contributed by atoms with Gasteiger partial charge in [-0.05, 0) is 38.0 Å². The van der Waals surface area contributed by atoms with Crippen molar-refractivity contribution in [1.29, 1.82) is 0 Å². The predicted octanol–water partition coefficient (Wildman–Crippen LogP) is 3.73. The maximum Gasteiger partial charge on any atom is 0.260 e. The van der Waals surface area contributed by atoms with Crippen molar-refractivity contribution in [3.63, 3.8) is 0 Å². The Hall–Kier alpha value is -3.22. The molecule has 4 aromatic heterocycles. The Kier molecular flexibility index (Phi) is 3.89. The highest BCUT2D eigenvalue weighted by atomic mass is 16.1. The molecule has 3 N–H and O–H groups in total. The third-order valence-electron chi connectivity index (χ3n) is 5.75. The van der Waals surface area contributed by atoms with E-state index < -0.39 is 0 Å². The van der Waals surface area contributed by atoms with Gasteiger partial charge in [0, 0.05) is 40.3 Å². The fraction of sp³-hybridized carbons (Fsp3) is 0.333. The lowest BCUT2D eigenvalue weighted by Crippen LogP contribution is -2.29. The zero-order valence-corrected chi connectivity index (χ0v) is 15.8. The summed E-state index contributed by atoms with van der Waals surface area (Å²) < 4.78 is 1.86. The molecule has 0 aromatic carbocycles. The molecule has 7 nitrogen and oxygen atoms in total. The molecular weight excluding hydrogens is 352 g/mol. The molecule has 4 aromatic rings. The summed E-state index contributed by atoms with van der Waals surface area (Å²) in [5, 5.41) is 1.84. The predicted molar refractivity (Wildman–Crippen MR) is 110 cm³/mol. The van der Waals surface area contributed by atoms with E-state index in [0.29, 0.717) is 11.2 Å². The molecule has 4 heterocycles. The first-order valence-corrected chi connectivity index (χ1v) is 9.75. The van der Waals surface area contributed by atoms with Crippen molar-refractivity contribution < 1.29 is 0 Å². The number of aryl methyl sites for hydroxylation is 1. The summed E-state index contributed by atoms with van der Waals surface area (Å²) in [6, 6.07) is 5.99. The van der Waals surface area contributed by atoms with Gasteiger partial charge in [0.2, 0.25) is 5.95 Å². The molecule has 0 aliphatic heterocycles. The third kappa shape index (κ3) is 2.66. The standard InChI is InChI=1S/C21H22N6O/c1-12-16-10-17(14-9-13-7-8-23-18(13)24-11-14)20(28)27(15-5-3-2-4-6-15)19(16)26-21(22)25-12/h7-11,15H,2-6H2,1H3,(H,23,24)(H2,22,25,26). The molecule has 7 heteroatoms. The molecule has 1 aliphatic rings. The highest BCUT2D eigenvalue weighted by Gasteiger charge is 2.23. The molecule has 0 amide bonds. The van der Waals surface area contributed by atoms with Crippen LogP contribution in [0.15, 0.2) is 35.4 Å². The van der Waals surface area contributed by atoms with E-state index in [0.717, 1.165) is 53.4 Å². The van der Waals surface area contributed by atoms with E-state index in [1.807, 2.05) is 35.9 Å². The second kappa shape index (κ2) is 6.44. The van der Waals surface area contributed by atoms with Crippen molar-refractivity contribution in [2.24, 2.45) is 0 Å². The number of nitrogens with two attached hydrogens (primary N) is 1. The van der Waals surface area contributed by atoms with Crippen molar-refractivity contribution in [3.05, 3.63) is 46.6 Å². The Morgan fingerprint density at radius 3 is 2.82 bits per heavy atom. The van der Waals surface area contributed by atoms with Crippen LogP contribution in [0, 0.1) is 6.92 Å². The minimum absolute atomic E-state index is 0.0337. The molecule has 0 unspecified atom stereocenters. The smallest absolute Gasteiger partial charge is 0.260 e. The Morgan fingerprint density at radius 2 is 2.00 bits per heavy atom. The maximum absolute atomic E-state index is 13.6. The maximum atomic E-state index is 13.6. The van der Waals surface area contributed by atoms with Gasteiger partial charge >= 0.3 is 0 Å². The number of H-pyrrole nitrogens is 1. The van der Waals surface area contributed by atoms with Crippen molar-refractivity contribution in [1.82, 2.24) is 24.5 Å². The van der Waals surface area contributed by atoms with Gasteiger partial charge in [-0.15, -0.1) is 0 Å². The highest BCUT2D eigenvalue weighted by Crippen LogP contribution is 2.31. The number of rotatable bonds is 2. The SMILES string of the molecule is Cc1nc(N)nc2c1cc(-c1cnc3[nH]ccc3c1)c(=O)n2C1CCCCC1. The van der Waals surface area contributed by atoms with Crippen LogP contribution in [-0.4, -0.2) is 24.5 Å². The molecule has 0 radical (unpaired) electrons. The number of nitrogen functional groups attached to an aromatic ring is 1. The van der Waals surface area contributed by atoms with Crippen LogP contribution in [0.3, 0.4) is 0 Å². The van der Waals surface area contributed by atoms with Crippen molar-refractivity contribution in [2.45, 2.75) is 45.1 Å². The van der Waals surface area contributed by atoms with Gasteiger partial charge in [0.05, 0.1) is 5.69 Å². The van der Waals surface area contributed by atoms with Gasteiger partial charge in [-0.3, -0.25) is 9.36 Å². The topological polar surface area (TPSA) is 102 Å². The number of hydrogen-bond acceptors (Lipinski definition) is 5. The van der Waals surface area contributed by atoms with Crippen molar-refractivity contribution in [3.8, 4) is 11.1 Å². The van der Waals surface area contributed by atoms with Crippen LogP contribution < -0.4 is 11.3 Å². The Labute approximate surface area is 161 Å². The second-order valence-electron chi connectivity index (χ2n) is 7.57. The van der Waals surface area contributed by atoms with E-state index in [-0.39, 0.29) is 17.5 Å². The first-order valence-electron chi connectivity index (χ1n) is 9.75. The molecule has 0 saturated heterocycles. The van der Waals surface area contributed by atoms with Gasteiger partial charge < -0.3 is 10.7 Å². The van der Waals surface area contributed by atoms with Crippen LogP contribution in [0.4, 0.5) is 5.95 Å².